The van der Waals surface area contributed by atoms with Crippen LogP contribution in [0, 0.1) is 5.92 Å². The van der Waals surface area contributed by atoms with E-state index in [-0.39, 0.29) is 24.8 Å². The van der Waals surface area contributed by atoms with E-state index in [4.69, 9.17) is 4.74 Å². The Bertz CT molecular complexity index is 810. The molecule has 8 nitrogen and oxygen atoms in total. The third-order valence-electron chi connectivity index (χ3n) is 6.79. The van der Waals surface area contributed by atoms with Gasteiger partial charge in [-0.05, 0) is 62.4 Å². The number of benzene rings is 1. The summed E-state index contributed by atoms with van der Waals surface area (Å²) in [5.41, 5.74) is 0.823. The van der Waals surface area contributed by atoms with Gasteiger partial charge in [-0.15, -0.1) is 0 Å². The zero-order valence-electron chi connectivity index (χ0n) is 18.1. The molecule has 3 saturated heterocycles. The van der Waals surface area contributed by atoms with Gasteiger partial charge in [-0.25, -0.2) is 4.79 Å². The molecule has 3 aliphatic rings. The number of carbonyl (C=O) groups excluding carboxylic acids is 3. The molecule has 0 aliphatic carbocycles. The van der Waals surface area contributed by atoms with Crippen LogP contribution >= 0.6 is 0 Å². The molecule has 3 aliphatic heterocycles. The van der Waals surface area contributed by atoms with Crippen LogP contribution in [0.15, 0.2) is 24.3 Å². The summed E-state index contributed by atoms with van der Waals surface area (Å²) in [4.78, 5) is 41.3. The molecule has 0 bridgehead atoms. The fourth-order valence-electron chi connectivity index (χ4n) is 5.10. The lowest BCUT2D eigenvalue weighted by molar-refractivity contribution is -0.131. The first-order valence-electron chi connectivity index (χ1n) is 11.3. The monoisotopic (exact) mass is 428 g/mol. The molecule has 3 unspecified atom stereocenters. The minimum atomic E-state index is -0.803. The van der Waals surface area contributed by atoms with Crippen molar-refractivity contribution < 1.29 is 19.1 Å². The average molecular weight is 429 g/mol. The van der Waals surface area contributed by atoms with Crippen LogP contribution in [0.4, 0.5) is 4.79 Å². The Labute approximate surface area is 183 Å². The maximum Gasteiger partial charge on any atom is 0.325 e. The van der Waals surface area contributed by atoms with E-state index in [0.717, 1.165) is 12.0 Å². The molecule has 2 N–H and O–H groups in total. The van der Waals surface area contributed by atoms with Crippen LogP contribution in [0.2, 0.25) is 0 Å². The molecular weight excluding hydrogens is 396 g/mol. The molecule has 4 rings (SSSR count). The Morgan fingerprint density at radius 3 is 2.68 bits per heavy atom. The van der Waals surface area contributed by atoms with Crippen molar-refractivity contribution in [3.05, 3.63) is 29.8 Å². The normalized spacial score (nSPS) is 26.4. The van der Waals surface area contributed by atoms with E-state index < -0.39 is 12.1 Å². The van der Waals surface area contributed by atoms with Crippen molar-refractivity contribution in [3.8, 4) is 5.75 Å². The van der Waals surface area contributed by atoms with E-state index >= 15 is 0 Å². The first-order chi connectivity index (χ1) is 15.0. The highest BCUT2D eigenvalue weighted by molar-refractivity contribution is 6.05. The van der Waals surface area contributed by atoms with E-state index in [2.05, 4.69) is 15.5 Å². The number of carbonyl (C=O) groups is 3. The largest absolute Gasteiger partial charge is 0.497 e. The average Bonchev–Trinajstić information content (AvgIpc) is 3.05. The molecular formula is C23H32N4O4. The molecule has 0 aromatic heterocycles. The van der Waals surface area contributed by atoms with Gasteiger partial charge in [-0.1, -0.05) is 18.6 Å². The van der Waals surface area contributed by atoms with Crippen molar-refractivity contribution in [2.45, 2.75) is 57.2 Å². The molecule has 1 aromatic carbocycles. The Balaban J connectivity index is 1.27. The van der Waals surface area contributed by atoms with Gasteiger partial charge < -0.3 is 20.3 Å². The van der Waals surface area contributed by atoms with Crippen LogP contribution in [-0.2, 0) is 16.1 Å². The van der Waals surface area contributed by atoms with Crippen LogP contribution in [-0.4, -0.2) is 66.5 Å². The summed E-state index contributed by atoms with van der Waals surface area (Å²) in [7, 11) is 1.58. The van der Waals surface area contributed by atoms with Gasteiger partial charge in [0.05, 0.1) is 20.1 Å². The number of hydrogen-bond acceptors (Lipinski definition) is 5. The Kier molecular flexibility index (Phi) is 6.75. The lowest BCUT2D eigenvalue weighted by Gasteiger charge is -2.44. The topological polar surface area (TPSA) is 91.0 Å². The van der Waals surface area contributed by atoms with Crippen molar-refractivity contribution in [1.82, 2.24) is 20.4 Å². The van der Waals surface area contributed by atoms with Crippen LogP contribution in [0.1, 0.15) is 44.1 Å². The zero-order chi connectivity index (χ0) is 21.8. The summed E-state index contributed by atoms with van der Waals surface area (Å²) >= 11 is 0. The first kappa shape index (κ1) is 21.6. The molecule has 3 atom stereocenters. The van der Waals surface area contributed by atoms with Gasteiger partial charge in [0.25, 0.3) is 5.91 Å². The third kappa shape index (κ3) is 5.01. The number of piperidine rings is 2. The molecule has 3 fully saturated rings. The van der Waals surface area contributed by atoms with E-state index in [1.54, 1.807) is 19.2 Å². The molecule has 0 radical (unpaired) electrons. The molecule has 0 saturated carbocycles. The predicted octanol–water partition coefficient (Wildman–Crippen LogP) is 1.89. The van der Waals surface area contributed by atoms with Crippen molar-refractivity contribution in [2.24, 2.45) is 5.92 Å². The van der Waals surface area contributed by atoms with Gasteiger partial charge >= 0.3 is 6.03 Å². The van der Waals surface area contributed by atoms with Crippen molar-refractivity contribution in [2.75, 3.05) is 26.7 Å². The summed E-state index contributed by atoms with van der Waals surface area (Å²) in [6.07, 6.45) is 6.03. The minimum absolute atomic E-state index is 0.0230. The Hall–Kier alpha value is -2.61. The lowest BCUT2D eigenvalue weighted by Crippen LogP contribution is -2.51. The van der Waals surface area contributed by atoms with Crippen LogP contribution < -0.4 is 15.4 Å². The van der Waals surface area contributed by atoms with Crippen molar-refractivity contribution in [3.63, 3.8) is 0 Å². The summed E-state index contributed by atoms with van der Waals surface area (Å²) in [6.45, 7) is 3.15. The molecule has 1 aromatic rings. The van der Waals surface area contributed by atoms with Crippen molar-refractivity contribution in [1.29, 1.82) is 0 Å². The number of urea groups is 1. The highest BCUT2D eigenvalue weighted by Crippen LogP contribution is 2.30. The highest BCUT2D eigenvalue weighted by Gasteiger charge is 2.39. The van der Waals surface area contributed by atoms with Crippen molar-refractivity contribution >= 4 is 17.8 Å². The smallest absolute Gasteiger partial charge is 0.325 e. The lowest BCUT2D eigenvalue weighted by atomic mass is 9.83. The number of nitrogens with one attached hydrogen (secondary N) is 2. The second kappa shape index (κ2) is 9.68. The predicted molar refractivity (Wildman–Crippen MR) is 115 cm³/mol. The zero-order valence-corrected chi connectivity index (χ0v) is 18.1. The third-order valence-corrected chi connectivity index (χ3v) is 6.79. The molecule has 0 spiro atoms. The number of hydrogen-bond donors (Lipinski definition) is 2. The number of rotatable bonds is 7. The summed E-state index contributed by atoms with van der Waals surface area (Å²) in [6, 6.07) is 6.52. The van der Waals surface area contributed by atoms with Crippen LogP contribution in [0.25, 0.3) is 0 Å². The van der Waals surface area contributed by atoms with E-state index in [9.17, 15) is 14.4 Å². The number of imide groups is 1. The Morgan fingerprint density at radius 2 is 1.90 bits per heavy atom. The Morgan fingerprint density at radius 1 is 1.13 bits per heavy atom. The van der Waals surface area contributed by atoms with E-state index in [0.29, 0.717) is 24.3 Å². The number of ether oxygens (including phenoxy) is 1. The number of amides is 4. The quantitative estimate of drug-likeness (QED) is 0.647. The van der Waals surface area contributed by atoms with Gasteiger partial charge in [-0.2, -0.15) is 0 Å². The van der Waals surface area contributed by atoms with Gasteiger partial charge in [-0.3, -0.25) is 14.5 Å². The molecule has 8 heteroatoms. The number of nitrogens with zero attached hydrogens (tertiary/aromatic N) is 2. The first-order valence-corrected chi connectivity index (χ1v) is 11.3. The fraction of sp³-hybridized carbons (Fsp3) is 0.609. The second-order valence-electron chi connectivity index (χ2n) is 8.78. The number of methoxy groups -OCH3 is 1. The molecule has 168 valence electrons. The van der Waals surface area contributed by atoms with E-state index in [1.807, 2.05) is 12.1 Å². The van der Waals surface area contributed by atoms with Gasteiger partial charge in [0.1, 0.15) is 11.8 Å². The van der Waals surface area contributed by atoms with Gasteiger partial charge in [0.15, 0.2) is 0 Å². The fourth-order valence-corrected chi connectivity index (χ4v) is 5.10. The van der Waals surface area contributed by atoms with Gasteiger partial charge in [0.2, 0.25) is 5.91 Å². The van der Waals surface area contributed by atoms with Crippen LogP contribution in [0.5, 0.6) is 5.75 Å². The summed E-state index contributed by atoms with van der Waals surface area (Å²) in [5, 5.41) is 5.68. The molecule has 31 heavy (non-hydrogen) atoms. The SMILES string of the molecule is COc1ccc(CN2C(=O)NC(CC(=O)NCC3CCCN4CCCCC34)C2=O)cc1. The highest BCUT2D eigenvalue weighted by atomic mass is 16.5. The maximum atomic E-state index is 12.7. The molecule has 4 amide bonds. The number of fused-ring (bicyclic) bond motifs is 1. The van der Waals surface area contributed by atoms with Gasteiger partial charge in [0, 0.05) is 12.6 Å². The van der Waals surface area contributed by atoms with E-state index in [1.165, 1.54) is 43.7 Å². The standard InChI is InChI=1S/C23H32N4O4/c1-31-18-9-7-16(8-10-18)15-27-22(29)19(25-23(27)30)13-21(28)24-14-17-5-4-12-26-11-3-2-6-20(17)26/h7-10,17,19-20H,2-6,11-15H2,1H3,(H,24,28)(H,25,30). The minimum Gasteiger partial charge on any atom is -0.497 e. The summed E-state index contributed by atoms with van der Waals surface area (Å²) in [5.74, 6) is 0.647. The van der Waals surface area contributed by atoms with Crippen LogP contribution in [0.3, 0.4) is 0 Å². The maximum absolute atomic E-state index is 12.7. The molecule has 3 heterocycles. The second-order valence-corrected chi connectivity index (χ2v) is 8.78. The summed E-state index contributed by atoms with van der Waals surface area (Å²) < 4.78 is 5.13.